The minimum absolute atomic E-state index is 0.106. The van der Waals surface area contributed by atoms with E-state index in [4.69, 9.17) is 20.1 Å². The van der Waals surface area contributed by atoms with Crippen LogP contribution < -0.4 is 17.1 Å². The van der Waals surface area contributed by atoms with Crippen molar-refractivity contribution in [1.82, 2.24) is 9.55 Å². The Labute approximate surface area is 119 Å². The Balaban J connectivity index is 1.95. The van der Waals surface area contributed by atoms with Crippen LogP contribution in [-0.2, 0) is 19.0 Å². The molecule has 0 radical (unpaired) electrons. The van der Waals surface area contributed by atoms with Crippen molar-refractivity contribution in [3.8, 4) is 0 Å². The Bertz CT molecular complexity index is 638. The van der Waals surface area contributed by atoms with Gasteiger partial charge in [-0.3, -0.25) is 14.3 Å². The highest BCUT2D eigenvalue weighted by Crippen LogP contribution is 2.42. The van der Waals surface area contributed by atoms with Gasteiger partial charge in [0.15, 0.2) is 12.0 Å². The van der Waals surface area contributed by atoms with Crippen LogP contribution in [0.4, 0.5) is 0 Å². The molecule has 1 aromatic heterocycles. The molecule has 2 saturated heterocycles. The first-order chi connectivity index (χ1) is 9.91. The molecule has 116 valence electrons. The number of aromatic nitrogens is 2. The summed E-state index contributed by atoms with van der Waals surface area (Å²) in [7, 11) is 0. The van der Waals surface area contributed by atoms with Crippen LogP contribution in [0.15, 0.2) is 21.9 Å². The Kier molecular flexibility index (Phi) is 3.46. The third kappa shape index (κ3) is 2.54. The highest BCUT2D eigenvalue weighted by molar-refractivity contribution is 4.98. The topological polar surface area (TPSA) is 118 Å². The van der Waals surface area contributed by atoms with E-state index in [2.05, 4.69) is 9.82 Å². The molecule has 21 heavy (non-hydrogen) atoms. The largest absolute Gasteiger partial charge is 0.346 e. The first kappa shape index (κ1) is 14.4. The van der Waals surface area contributed by atoms with E-state index in [1.165, 1.54) is 16.8 Å². The predicted octanol–water partition coefficient (Wildman–Crippen LogP) is -1.16. The fraction of sp³-hybridized carbons (Fsp3) is 0.667. The third-order valence-electron chi connectivity index (χ3n) is 3.51. The molecule has 0 unspecified atom stereocenters. The molecule has 0 bridgehead atoms. The number of ether oxygens (including phenoxy) is 3. The molecule has 0 saturated carbocycles. The van der Waals surface area contributed by atoms with Crippen LogP contribution in [0.25, 0.3) is 0 Å². The molecule has 9 nitrogen and oxygen atoms in total. The number of hydrogen-bond donors (Lipinski definition) is 2. The Morgan fingerprint density at radius 1 is 1.38 bits per heavy atom. The first-order valence-corrected chi connectivity index (χ1v) is 6.55. The van der Waals surface area contributed by atoms with Crippen LogP contribution in [0.1, 0.15) is 20.1 Å². The van der Waals surface area contributed by atoms with Gasteiger partial charge in [0, 0.05) is 12.3 Å². The summed E-state index contributed by atoms with van der Waals surface area (Å²) in [5.74, 6) is 4.30. The van der Waals surface area contributed by atoms with E-state index < -0.39 is 41.6 Å². The Morgan fingerprint density at radius 2 is 2.10 bits per heavy atom. The molecule has 3 rings (SSSR count). The maximum absolute atomic E-state index is 11.9. The zero-order valence-corrected chi connectivity index (χ0v) is 11.6. The van der Waals surface area contributed by atoms with E-state index in [0.29, 0.717) is 0 Å². The number of nitrogens with zero attached hydrogens (tertiary/aromatic N) is 1. The summed E-state index contributed by atoms with van der Waals surface area (Å²) in [6.07, 6.45) is -0.730. The predicted molar refractivity (Wildman–Crippen MR) is 69.2 cm³/mol. The summed E-state index contributed by atoms with van der Waals surface area (Å²) in [4.78, 5) is 29.9. The van der Waals surface area contributed by atoms with Gasteiger partial charge in [0.25, 0.3) is 5.56 Å². The van der Waals surface area contributed by atoms with Gasteiger partial charge in [-0.2, -0.15) is 0 Å². The summed E-state index contributed by atoms with van der Waals surface area (Å²) in [5.41, 5.74) is -1.05. The van der Waals surface area contributed by atoms with E-state index >= 15 is 0 Å². The van der Waals surface area contributed by atoms with Crippen molar-refractivity contribution < 1.29 is 19.0 Å². The zero-order valence-electron chi connectivity index (χ0n) is 11.6. The van der Waals surface area contributed by atoms with Crippen LogP contribution >= 0.6 is 0 Å². The molecule has 0 spiro atoms. The minimum atomic E-state index is -0.796. The van der Waals surface area contributed by atoms with Crippen molar-refractivity contribution in [3.05, 3.63) is 33.1 Å². The molecule has 3 N–H and O–H groups in total. The molecular weight excluding hydrogens is 282 g/mol. The Morgan fingerprint density at radius 3 is 2.76 bits per heavy atom. The second kappa shape index (κ2) is 5.04. The van der Waals surface area contributed by atoms with Gasteiger partial charge in [0.1, 0.15) is 18.3 Å². The lowest BCUT2D eigenvalue weighted by Crippen LogP contribution is -2.37. The van der Waals surface area contributed by atoms with Crippen molar-refractivity contribution in [3.63, 3.8) is 0 Å². The standard InChI is InChI=1S/C12H17N3O6/c1-12(2)20-8-6(5-18-13)19-10(9(8)21-12)15-4-3-7(16)14-11(15)17/h3-4,6,8-10H,5,13H2,1-2H3,(H,14,16,17)/t6-,8-,9-,10-/m1/s1. The molecule has 3 heterocycles. The Hall–Kier alpha value is -1.52. The molecule has 1 aromatic rings. The van der Waals surface area contributed by atoms with Crippen molar-refractivity contribution >= 4 is 0 Å². The molecule has 2 aliphatic heterocycles. The molecular formula is C12H17N3O6. The molecule has 0 aromatic carbocycles. The van der Waals surface area contributed by atoms with Crippen LogP contribution in [0.3, 0.4) is 0 Å². The van der Waals surface area contributed by atoms with Gasteiger partial charge in [-0.25, -0.2) is 10.7 Å². The van der Waals surface area contributed by atoms with Crippen molar-refractivity contribution in [2.75, 3.05) is 6.61 Å². The second-order valence-corrected chi connectivity index (χ2v) is 5.48. The van der Waals surface area contributed by atoms with Gasteiger partial charge in [-0.1, -0.05) is 0 Å². The fourth-order valence-electron chi connectivity index (χ4n) is 2.74. The molecule has 2 fully saturated rings. The van der Waals surface area contributed by atoms with E-state index in [1.54, 1.807) is 13.8 Å². The molecule has 9 heteroatoms. The molecule has 0 aliphatic carbocycles. The third-order valence-corrected chi connectivity index (χ3v) is 3.51. The average Bonchev–Trinajstić information content (AvgIpc) is 2.85. The summed E-state index contributed by atoms with van der Waals surface area (Å²) in [6.45, 7) is 3.66. The second-order valence-electron chi connectivity index (χ2n) is 5.48. The maximum Gasteiger partial charge on any atom is 0.330 e. The van der Waals surface area contributed by atoms with Crippen molar-refractivity contribution in [1.29, 1.82) is 0 Å². The maximum atomic E-state index is 11.9. The lowest BCUT2D eigenvalue weighted by Gasteiger charge is -2.24. The number of fused-ring (bicyclic) bond motifs is 1. The minimum Gasteiger partial charge on any atom is -0.346 e. The molecule has 2 aliphatic rings. The lowest BCUT2D eigenvalue weighted by atomic mass is 10.1. The van der Waals surface area contributed by atoms with Gasteiger partial charge in [-0.05, 0) is 13.8 Å². The van der Waals surface area contributed by atoms with Gasteiger partial charge in [-0.15, -0.1) is 0 Å². The molecule has 0 amide bonds. The number of hydrogen-bond acceptors (Lipinski definition) is 7. The zero-order chi connectivity index (χ0) is 15.2. The number of H-pyrrole nitrogens is 1. The van der Waals surface area contributed by atoms with Gasteiger partial charge in [0.2, 0.25) is 0 Å². The number of nitrogens with two attached hydrogens (primary N) is 1. The van der Waals surface area contributed by atoms with E-state index in [-0.39, 0.29) is 6.61 Å². The quantitative estimate of drug-likeness (QED) is 0.676. The fourth-order valence-corrected chi connectivity index (χ4v) is 2.74. The number of nitrogens with one attached hydrogen (secondary N) is 1. The van der Waals surface area contributed by atoms with Crippen molar-refractivity contribution in [2.24, 2.45) is 5.90 Å². The highest BCUT2D eigenvalue weighted by Gasteiger charge is 2.56. The monoisotopic (exact) mass is 299 g/mol. The van der Waals surface area contributed by atoms with Crippen LogP contribution in [0.5, 0.6) is 0 Å². The van der Waals surface area contributed by atoms with Gasteiger partial charge in [0.05, 0.1) is 6.61 Å². The van der Waals surface area contributed by atoms with E-state index in [0.717, 1.165) is 0 Å². The van der Waals surface area contributed by atoms with Crippen molar-refractivity contribution in [2.45, 2.75) is 44.2 Å². The van der Waals surface area contributed by atoms with E-state index in [1.807, 2.05) is 0 Å². The molecule has 4 atom stereocenters. The summed E-state index contributed by atoms with van der Waals surface area (Å²) in [5, 5.41) is 0. The summed E-state index contributed by atoms with van der Waals surface area (Å²) >= 11 is 0. The van der Waals surface area contributed by atoms with Crippen LogP contribution in [-0.4, -0.2) is 40.3 Å². The SMILES string of the molecule is CC1(C)O[C@@H]2[C@H](O1)[C@@H](CON)O[C@H]2n1ccc(=O)[nH]c1=O. The van der Waals surface area contributed by atoms with Crippen LogP contribution in [0.2, 0.25) is 0 Å². The average molecular weight is 299 g/mol. The number of aromatic amines is 1. The highest BCUT2D eigenvalue weighted by atomic mass is 16.8. The normalized spacial score (nSPS) is 34.0. The first-order valence-electron chi connectivity index (χ1n) is 6.55. The number of rotatable bonds is 3. The summed E-state index contributed by atoms with van der Waals surface area (Å²) in [6, 6.07) is 1.24. The van der Waals surface area contributed by atoms with Gasteiger partial charge < -0.3 is 19.0 Å². The van der Waals surface area contributed by atoms with E-state index in [9.17, 15) is 9.59 Å². The smallest absolute Gasteiger partial charge is 0.330 e. The van der Waals surface area contributed by atoms with Crippen LogP contribution in [0, 0.1) is 0 Å². The summed E-state index contributed by atoms with van der Waals surface area (Å²) < 4.78 is 18.6. The lowest BCUT2D eigenvalue weighted by molar-refractivity contribution is -0.202. The van der Waals surface area contributed by atoms with Gasteiger partial charge >= 0.3 is 5.69 Å².